The smallest absolute Gasteiger partial charge is 0.335 e. The lowest BCUT2D eigenvalue weighted by atomic mass is 10.1. The number of carbonyl (C=O) groups excluding carboxylic acids is 3. The van der Waals surface area contributed by atoms with Crippen LogP contribution in [0.15, 0.2) is 40.4 Å². The van der Waals surface area contributed by atoms with Crippen molar-refractivity contribution in [3.8, 4) is 23.0 Å². The average Bonchev–Trinajstić information content (AvgIpc) is 2.86. The Morgan fingerprint density at radius 2 is 1.41 bits per heavy atom. The van der Waals surface area contributed by atoms with Crippen LogP contribution in [0.4, 0.5) is 10.5 Å². The molecule has 1 aliphatic heterocycles. The summed E-state index contributed by atoms with van der Waals surface area (Å²) in [5.74, 6) is 0.351. The highest BCUT2D eigenvalue weighted by atomic mass is 79.9. The van der Waals surface area contributed by atoms with Gasteiger partial charge in [0, 0.05) is 10.5 Å². The van der Waals surface area contributed by atoms with Gasteiger partial charge in [-0.2, -0.15) is 0 Å². The van der Waals surface area contributed by atoms with Crippen LogP contribution in [0.5, 0.6) is 23.0 Å². The van der Waals surface area contributed by atoms with Crippen molar-refractivity contribution in [3.63, 3.8) is 0 Å². The number of anilines is 1. The minimum Gasteiger partial charge on any atom is -0.490 e. The molecule has 4 amide bonds. The predicted molar refractivity (Wildman–Crippen MR) is 143 cm³/mol. The highest BCUT2D eigenvalue weighted by Gasteiger charge is 2.37. The Labute approximate surface area is 224 Å². The molecule has 1 saturated heterocycles. The van der Waals surface area contributed by atoms with Crippen molar-refractivity contribution in [1.82, 2.24) is 5.32 Å². The van der Waals surface area contributed by atoms with Crippen molar-refractivity contribution >= 4 is 45.5 Å². The molecule has 0 spiro atoms. The summed E-state index contributed by atoms with van der Waals surface area (Å²) in [6.45, 7) is 9.42. The zero-order chi connectivity index (χ0) is 26.9. The number of carbonyl (C=O) groups is 3. The van der Waals surface area contributed by atoms with E-state index in [-0.39, 0.29) is 11.3 Å². The molecule has 37 heavy (non-hydrogen) atoms. The van der Waals surface area contributed by atoms with Crippen LogP contribution in [0.2, 0.25) is 0 Å². The van der Waals surface area contributed by atoms with Crippen LogP contribution in [0.3, 0.4) is 0 Å². The van der Waals surface area contributed by atoms with Crippen LogP contribution >= 0.6 is 15.9 Å². The molecule has 198 valence electrons. The quantitative estimate of drug-likeness (QED) is 0.264. The van der Waals surface area contributed by atoms with E-state index in [2.05, 4.69) is 21.2 Å². The molecule has 0 aromatic heterocycles. The Hall–Kier alpha value is -3.53. The number of urea groups is 1. The van der Waals surface area contributed by atoms with Crippen LogP contribution in [-0.2, 0) is 9.59 Å². The average molecular weight is 575 g/mol. The van der Waals surface area contributed by atoms with E-state index in [4.69, 9.17) is 18.9 Å². The lowest BCUT2D eigenvalue weighted by Crippen LogP contribution is -2.54. The van der Waals surface area contributed by atoms with Crippen molar-refractivity contribution in [2.24, 2.45) is 0 Å². The molecule has 0 bridgehead atoms. The number of imide groups is 2. The Bertz CT molecular complexity index is 1200. The Morgan fingerprint density at radius 1 is 0.811 bits per heavy atom. The van der Waals surface area contributed by atoms with Crippen molar-refractivity contribution in [1.29, 1.82) is 0 Å². The van der Waals surface area contributed by atoms with E-state index in [0.717, 1.165) is 17.7 Å². The SMILES string of the molecule is CCCOc1ccc(N2C(=O)NC(=O)/C(=C\c3cc(OCC)c(OCCC)cc3Br)C2=O)cc1OCC. The molecule has 1 N–H and O–H groups in total. The number of rotatable bonds is 12. The zero-order valence-electron chi connectivity index (χ0n) is 21.4. The standard InChI is InChI=1S/C27H31BrN2O7/c1-5-11-36-21-10-9-18(15-23(21)35-8-4)30-26(32)19(25(31)29-27(30)33)13-17-14-22(34-7-3)24(16-20(17)28)37-12-6-2/h9-10,13-16H,5-8,11-12H2,1-4H3,(H,29,31,33)/b19-13+. The summed E-state index contributed by atoms with van der Waals surface area (Å²) in [5, 5.41) is 2.24. The molecule has 10 heteroatoms. The largest absolute Gasteiger partial charge is 0.490 e. The number of benzene rings is 2. The molecule has 1 aliphatic rings. The van der Waals surface area contributed by atoms with Crippen LogP contribution in [-0.4, -0.2) is 44.3 Å². The predicted octanol–water partition coefficient (Wildman–Crippen LogP) is 5.49. The molecule has 1 fully saturated rings. The molecule has 2 aromatic carbocycles. The van der Waals surface area contributed by atoms with E-state index in [1.807, 2.05) is 27.7 Å². The normalized spacial score (nSPS) is 14.6. The minimum absolute atomic E-state index is 0.214. The van der Waals surface area contributed by atoms with Crippen LogP contribution in [0.1, 0.15) is 46.1 Å². The third kappa shape index (κ3) is 6.62. The third-order valence-electron chi connectivity index (χ3n) is 5.17. The highest BCUT2D eigenvalue weighted by Crippen LogP contribution is 2.37. The van der Waals surface area contributed by atoms with Crippen molar-refractivity contribution in [3.05, 3.63) is 45.9 Å². The molecule has 9 nitrogen and oxygen atoms in total. The van der Waals surface area contributed by atoms with Gasteiger partial charge >= 0.3 is 6.03 Å². The number of nitrogens with zero attached hydrogens (tertiary/aromatic N) is 1. The van der Waals surface area contributed by atoms with Gasteiger partial charge in [0.2, 0.25) is 0 Å². The summed E-state index contributed by atoms with van der Waals surface area (Å²) >= 11 is 3.48. The number of amides is 4. The maximum absolute atomic E-state index is 13.4. The van der Waals surface area contributed by atoms with Gasteiger partial charge in [-0.3, -0.25) is 14.9 Å². The molecule has 0 atom stereocenters. The monoisotopic (exact) mass is 574 g/mol. The van der Waals surface area contributed by atoms with E-state index in [9.17, 15) is 14.4 Å². The number of hydrogen-bond acceptors (Lipinski definition) is 7. The summed E-state index contributed by atoms with van der Waals surface area (Å²) in [5.41, 5.74) is 0.540. The van der Waals surface area contributed by atoms with Gasteiger partial charge in [-0.25, -0.2) is 9.69 Å². The van der Waals surface area contributed by atoms with Crippen molar-refractivity contribution < 1.29 is 33.3 Å². The summed E-state index contributed by atoms with van der Waals surface area (Å²) in [6, 6.07) is 7.30. The van der Waals surface area contributed by atoms with Gasteiger partial charge in [-0.1, -0.05) is 29.8 Å². The van der Waals surface area contributed by atoms with E-state index >= 15 is 0 Å². The fourth-order valence-electron chi connectivity index (χ4n) is 3.54. The Balaban J connectivity index is 2.01. The lowest BCUT2D eigenvalue weighted by molar-refractivity contribution is -0.122. The molecule has 1 heterocycles. The zero-order valence-corrected chi connectivity index (χ0v) is 23.0. The van der Waals surface area contributed by atoms with Crippen LogP contribution < -0.4 is 29.2 Å². The second-order valence-electron chi connectivity index (χ2n) is 7.97. The fourth-order valence-corrected chi connectivity index (χ4v) is 3.97. The number of barbiturate groups is 1. The van der Waals surface area contributed by atoms with Gasteiger partial charge in [-0.15, -0.1) is 0 Å². The molecule has 0 saturated carbocycles. The molecular weight excluding hydrogens is 544 g/mol. The second kappa shape index (κ2) is 13.1. The topological polar surface area (TPSA) is 103 Å². The van der Waals surface area contributed by atoms with E-state index < -0.39 is 17.8 Å². The molecule has 0 radical (unpaired) electrons. The van der Waals surface area contributed by atoms with Crippen LogP contribution in [0.25, 0.3) is 6.08 Å². The third-order valence-corrected chi connectivity index (χ3v) is 5.86. The highest BCUT2D eigenvalue weighted by molar-refractivity contribution is 9.10. The first-order valence-electron chi connectivity index (χ1n) is 12.2. The Kier molecular flexibility index (Phi) is 9.96. The van der Waals surface area contributed by atoms with Crippen molar-refractivity contribution in [2.75, 3.05) is 31.3 Å². The van der Waals surface area contributed by atoms with Gasteiger partial charge in [0.25, 0.3) is 11.8 Å². The minimum atomic E-state index is -0.853. The van der Waals surface area contributed by atoms with Gasteiger partial charge in [0.15, 0.2) is 23.0 Å². The Morgan fingerprint density at radius 3 is 2.03 bits per heavy atom. The summed E-state index contributed by atoms with van der Waals surface area (Å²) in [4.78, 5) is 39.8. The molecule has 2 aromatic rings. The maximum Gasteiger partial charge on any atom is 0.335 e. The van der Waals surface area contributed by atoms with Crippen LogP contribution in [0, 0.1) is 0 Å². The molecular formula is C27H31BrN2O7. The number of hydrogen-bond donors (Lipinski definition) is 1. The van der Waals surface area contributed by atoms with E-state index in [1.54, 1.807) is 30.3 Å². The van der Waals surface area contributed by atoms with E-state index in [1.165, 1.54) is 6.08 Å². The maximum atomic E-state index is 13.4. The fraction of sp³-hybridized carbons (Fsp3) is 0.370. The summed E-state index contributed by atoms with van der Waals surface area (Å²) in [7, 11) is 0. The number of nitrogens with one attached hydrogen (secondary N) is 1. The summed E-state index contributed by atoms with van der Waals surface area (Å²) in [6.07, 6.45) is 3.04. The molecule has 0 unspecified atom stereocenters. The van der Waals surface area contributed by atoms with Gasteiger partial charge in [0.05, 0.1) is 32.1 Å². The van der Waals surface area contributed by atoms with Gasteiger partial charge in [0.1, 0.15) is 5.57 Å². The van der Waals surface area contributed by atoms with Gasteiger partial charge < -0.3 is 18.9 Å². The van der Waals surface area contributed by atoms with E-state index in [0.29, 0.717) is 59.5 Å². The first kappa shape index (κ1) is 28.0. The molecule has 3 rings (SSSR count). The summed E-state index contributed by atoms with van der Waals surface area (Å²) < 4.78 is 23.4. The number of halogens is 1. The number of ether oxygens (including phenoxy) is 4. The second-order valence-corrected chi connectivity index (χ2v) is 8.83. The van der Waals surface area contributed by atoms with Gasteiger partial charge in [-0.05, 0) is 62.6 Å². The first-order valence-corrected chi connectivity index (χ1v) is 13.0. The first-order chi connectivity index (χ1) is 17.8. The lowest BCUT2D eigenvalue weighted by Gasteiger charge is -2.27. The molecule has 0 aliphatic carbocycles. The van der Waals surface area contributed by atoms with Crippen molar-refractivity contribution in [2.45, 2.75) is 40.5 Å².